The van der Waals surface area contributed by atoms with Crippen LogP contribution in [0.25, 0.3) is 10.3 Å². The van der Waals surface area contributed by atoms with E-state index in [1.165, 1.54) is 6.07 Å². The standard InChI is InChI=1S/C15H12N4O4S2/c1-2-23-15(22)19-10(20)8-5-7-24-12(8)18-11(21)14-17-9-4-3-6-16-13(9)25-14/h3-7H,2H2,1H3,(H,18,21)(H,19,20,22). The molecule has 0 aliphatic carbocycles. The molecule has 0 bridgehead atoms. The number of nitrogens with zero attached hydrogens (tertiary/aromatic N) is 2. The fraction of sp³-hybridized carbons (Fsp3) is 0.133. The number of carbonyl (C=O) groups is 3. The van der Waals surface area contributed by atoms with Crippen LogP contribution in [-0.4, -0.2) is 34.5 Å². The van der Waals surface area contributed by atoms with Gasteiger partial charge in [-0.1, -0.05) is 11.3 Å². The Labute approximate surface area is 149 Å². The molecule has 0 saturated heterocycles. The van der Waals surface area contributed by atoms with Crippen LogP contribution in [0.1, 0.15) is 27.1 Å². The summed E-state index contributed by atoms with van der Waals surface area (Å²) in [5, 5.41) is 6.92. The maximum Gasteiger partial charge on any atom is 0.414 e. The van der Waals surface area contributed by atoms with E-state index in [4.69, 9.17) is 0 Å². The van der Waals surface area contributed by atoms with Gasteiger partial charge in [0.15, 0.2) is 5.01 Å². The van der Waals surface area contributed by atoms with Crippen molar-refractivity contribution in [2.75, 3.05) is 11.9 Å². The number of aromatic nitrogens is 2. The van der Waals surface area contributed by atoms with Crippen LogP contribution in [0, 0.1) is 0 Å². The van der Waals surface area contributed by atoms with Crippen LogP contribution in [0.3, 0.4) is 0 Å². The summed E-state index contributed by atoms with van der Waals surface area (Å²) in [6.45, 7) is 1.78. The molecular formula is C15H12N4O4S2. The fourth-order valence-corrected chi connectivity index (χ4v) is 3.52. The summed E-state index contributed by atoms with van der Waals surface area (Å²) in [6, 6.07) is 5.01. The number of amides is 3. The van der Waals surface area contributed by atoms with Crippen LogP contribution in [-0.2, 0) is 4.74 Å². The number of alkyl carbamates (subject to hydrolysis) is 1. The Hall–Kier alpha value is -2.85. The van der Waals surface area contributed by atoms with Gasteiger partial charge in [-0.25, -0.2) is 14.8 Å². The first-order valence-corrected chi connectivity index (χ1v) is 8.86. The minimum atomic E-state index is -0.840. The van der Waals surface area contributed by atoms with E-state index in [2.05, 4.69) is 25.3 Å². The molecular weight excluding hydrogens is 364 g/mol. The number of nitrogens with one attached hydrogen (secondary N) is 2. The molecule has 0 saturated carbocycles. The first-order chi connectivity index (χ1) is 12.1. The summed E-state index contributed by atoms with van der Waals surface area (Å²) < 4.78 is 4.66. The molecule has 0 atom stereocenters. The molecule has 128 valence electrons. The van der Waals surface area contributed by atoms with Crippen LogP contribution in [0.15, 0.2) is 29.8 Å². The number of rotatable bonds is 4. The third kappa shape index (κ3) is 3.80. The van der Waals surface area contributed by atoms with E-state index >= 15 is 0 Å². The Kier molecular flexibility index (Phi) is 5.00. The fourth-order valence-electron chi connectivity index (χ4n) is 1.94. The number of anilines is 1. The molecule has 3 amide bonds. The van der Waals surface area contributed by atoms with Crippen molar-refractivity contribution in [1.29, 1.82) is 0 Å². The average molecular weight is 376 g/mol. The smallest absolute Gasteiger partial charge is 0.414 e. The normalized spacial score (nSPS) is 10.4. The number of fused-ring (bicyclic) bond motifs is 1. The molecule has 2 N–H and O–H groups in total. The quantitative estimate of drug-likeness (QED) is 0.724. The summed E-state index contributed by atoms with van der Waals surface area (Å²) in [6.07, 6.45) is 0.785. The second kappa shape index (κ2) is 7.36. The second-order valence-corrected chi connectivity index (χ2v) is 6.53. The molecule has 3 heterocycles. The zero-order valence-electron chi connectivity index (χ0n) is 12.9. The highest BCUT2D eigenvalue weighted by atomic mass is 32.1. The molecule has 3 rings (SSSR count). The zero-order chi connectivity index (χ0) is 17.8. The predicted octanol–water partition coefficient (Wildman–Crippen LogP) is 2.89. The topological polar surface area (TPSA) is 110 Å². The van der Waals surface area contributed by atoms with Gasteiger partial charge in [0.2, 0.25) is 0 Å². The van der Waals surface area contributed by atoms with Gasteiger partial charge in [-0.05, 0) is 30.5 Å². The minimum Gasteiger partial charge on any atom is -0.450 e. The lowest BCUT2D eigenvalue weighted by molar-refractivity contribution is 0.0926. The number of carbonyl (C=O) groups excluding carboxylic acids is 3. The number of hydrogen-bond donors (Lipinski definition) is 2. The number of ether oxygens (including phenoxy) is 1. The second-order valence-electron chi connectivity index (χ2n) is 4.64. The van der Waals surface area contributed by atoms with E-state index in [1.54, 1.807) is 30.6 Å². The highest BCUT2D eigenvalue weighted by molar-refractivity contribution is 7.20. The van der Waals surface area contributed by atoms with Crippen molar-refractivity contribution in [2.24, 2.45) is 0 Å². The van der Waals surface area contributed by atoms with Gasteiger partial charge in [-0.2, -0.15) is 0 Å². The highest BCUT2D eigenvalue weighted by Crippen LogP contribution is 2.25. The Balaban J connectivity index is 1.75. The van der Waals surface area contributed by atoms with Crippen molar-refractivity contribution >= 4 is 55.9 Å². The van der Waals surface area contributed by atoms with Gasteiger partial charge in [-0.3, -0.25) is 14.9 Å². The average Bonchev–Trinajstić information content (AvgIpc) is 3.21. The number of imide groups is 1. The molecule has 0 radical (unpaired) electrons. The van der Waals surface area contributed by atoms with Gasteiger partial charge in [0.25, 0.3) is 11.8 Å². The van der Waals surface area contributed by atoms with Crippen molar-refractivity contribution in [3.05, 3.63) is 40.3 Å². The van der Waals surface area contributed by atoms with Crippen LogP contribution < -0.4 is 10.6 Å². The van der Waals surface area contributed by atoms with Crippen molar-refractivity contribution in [3.63, 3.8) is 0 Å². The Bertz CT molecular complexity index is 917. The molecule has 0 aliphatic heterocycles. The molecule has 0 aliphatic rings. The number of thiazole rings is 1. The largest absolute Gasteiger partial charge is 0.450 e. The van der Waals surface area contributed by atoms with Gasteiger partial charge in [-0.15, -0.1) is 11.3 Å². The molecule has 0 aromatic carbocycles. The van der Waals surface area contributed by atoms with E-state index in [0.717, 1.165) is 22.7 Å². The summed E-state index contributed by atoms with van der Waals surface area (Å²) in [7, 11) is 0. The minimum absolute atomic E-state index is 0.151. The van der Waals surface area contributed by atoms with E-state index in [-0.39, 0.29) is 17.2 Å². The maximum absolute atomic E-state index is 12.4. The number of pyridine rings is 1. The van der Waals surface area contributed by atoms with Gasteiger partial charge in [0, 0.05) is 6.20 Å². The van der Waals surface area contributed by atoms with E-state index in [1.807, 2.05) is 0 Å². The molecule has 3 aromatic rings. The molecule has 3 aromatic heterocycles. The summed E-state index contributed by atoms with van der Waals surface area (Å²) >= 11 is 2.32. The molecule has 0 fully saturated rings. The predicted molar refractivity (Wildman–Crippen MR) is 94.2 cm³/mol. The van der Waals surface area contributed by atoms with Crippen molar-refractivity contribution in [3.8, 4) is 0 Å². The maximum atomic E-state index is 12.4. The molecule has 10 heteroatoms. The summed E-state index contributed by atoms with van der Waals surface area (Å²) in [5.41, 5.74) is 0.801. The molecule has 25 heavy (non-hydrogen) atoms. The first kappa shape index (κ1) is 17.0. The van der Waals surface area contributed by atoms with Gasteiger partial charge in [0.05, 0.1) is 12.2 Å². The van der Waals surface area contributed by atoms with Gasteiger partial charge < -0.3 is 10.1 Å². The Morgan fingerprint density at radius 2 is 2.08 bits per heavy atom. The van der Waals surface area contributed by atoms with E-state index in [0.29, 0.717) is 15.3 Å². The van der Waals surface area contributed by atoms with Crippen molar-refractivity contribution in [1.82, 2.24) is 15.3 Å². The SMILES string of the molecule is CCOC(=O)NC(=O)c1ccsc1NC(=O)c1nc2cccnc2s1. The first-order valence-electron chi connectivity index (χ1n) is 7.17. The summed E-state index contributed by atoms with van der Waals surface area (Å²) in [4.78, 5) is 44.8. The number of hydrogen-bond acceptors (Lipinski definition) is 8. The van der Waals surface area contributed by atoms with Crippen molar-refractivity contribution in [2.45, 2.75) is 6.92 Å². The monoisotopic (exact) mass is 376 g/mol. The highest BCUT2D eigenvalue weighted by Gasteiger charge is 2.20. The Morgan fingerprint density at radius 1 is 1.24 bits per heavy atom. The van der Waals surface area contributed by atoms with Crippen LogP contribution in [0.4, 0.5) is 9.80 Å². The van der Waals surface area contributed by atoms with Crippen LogP contribution in [0.5, 0.6) is 0 Å². The lowest BCUT2D eigenvalue weighted by Gasteiger charge is -2.05. The third-order valence-electron chi connectivity index (χ3n) is 2.99. The summed E-state index contributed by atoms with van der Waals surface area (Å²) in [5.74, 6) is -1.10. The third-order valence-corrected chi connectivity index (χ3v) is 4.80. The molecule has 8 nitrogen and oxygen atoms in total. The van der Waals surface area contributed by atoms with Crippen molar-refractivity contribution < 1.29 is 19.1 Å². The number of thiophene rings is 1. The molecule has 0 spiro atoms. The van der Waals surface area contributed by atoms with Gasteiger partial charge in [0.1, 0.15) is 15.3 Å². The van der Waals surface area contributed by atoms with E-state index < -0.39 is 17.9 Å². The van der Waals surface area contributed by atoms with Crippen LogP contribution in [0.2, 0.25) is 0 Å². The lowest BCUT2D eigenvalue weighted by atomic mass is 10.3. The lowest BCUT2D eigenvalue weighted by Crippen LogP contribution is -2.31. The molecule has 0 unspecified atom stereocenters. The van der Waals surface area contributed by atoms with Crippen LogP contribution >= 0.6 is 22.7 Å². The Morgan fingerprint density at radius 3 is 2.84 bits per heavy atom. The van der Waals surface area contributed by atoms with Gasteiger partial charge >= 0.3 is 6.09 Å². The zero-order valence-corrected chi connectivity index (χ0v) is 14.6. The van der Waals surface area contributed by atoms with E-state index in [9.17, 15) is 14.4 Å².